The average Bonchev–Trinajstić information content (AvgIpc) is 3.29. The summed E-state index contributed by atoms with van der Waals surface area (Å²) in [5, 5.41) is 3.16. The summed E-state index contributed by atoms with van der Waals surface area (Å²) in [6.07, 6.45) is 3.25. The number of furan rings is 1. The molecule has 0 spiro atoms. The van der Waals surface area contributed by atoms with Crippen LogP contribution in [0.4, 0.5) is 0 Å². The highest BCUT2D eigenvalue weighted by molar-refractivity contribution is 9.10. The Bertz CT molecular complexity index is 542. The average molecular weight is 384 g/mol. The van der Waals surface area contributed by atoms with E-state index in [0.717, 1.165) is 55.9 Å². The minimum absolute atomic E-state index is 0.255. The van der Waals surface area contributed by atoms with Crippen LogP contribution in [-0.2, 0) is 11.3 Å². The number of nitrogens with one attached hydrogen (secondary N) is 1. The van der Waals surface area contributed by atoms with E-state index in [4.69, 9.17) is 4.42 Å². The van der Waals surface area contributed by atoms with E-state index in [9.17, 15) is 4.79 Å². The summed E-state index contributed by atoms with van der Waals surface area (Å²) in [5.41, 5.74) is 0. The number of rotatable bonds is 6. The van der Waals surface area contributed by atoms with E-state index in [2.05, 4.69) is 45.1 Å². The molecule has 2 heterocycles. The fraction of sp³-hybridized carbons (Fsp3) is 0.706. The second-order valence-corrected chi connectivity index (χ2v) is 7.82. The van der Waals surface area contributed by atoms with Crippen molar-refractivity contribution in [3.8, 4) is 0 Å². The maximum Gasteiger partial charge on any atom is 0.223 e. The predicted molar refractivity (Wildman–Crippen MR) is 93.0 cm³/mol. The van der Waals surface area contributed by atoms with Crippen LogP contribution in [0.1, 0.15) is 25.0 Å². The molecular weight excluding hydrogens is 358 g/mol. The van der Waals surface area contributed by atoms with Crippen LogP contribution in [0.5, 0.6) is 0 Å². The Morgan fingerprint density at radius 2 is 2.17 bits per heavy atom. The second-order valence-electron chi connectivity index (χ2n) is 7.04. The smallest absolute Gasteiger partial charge is 0.223 e. The van der Waals surface area contributed by atoms with Crippen molar-refractivity contribution in [2.75, 3.05) is 33.7 Å². The molecule has 2 atom stereocenters. The molecule has 5 nitrogen and oxygen atoms in total. The van der Waals surface area contributed by atoms with Crippen LogP contribution >= 0.6 is 15.9 Å². The van der Waals surface area contributed by atoms with E-state index in [1.165, 1.54) is 0 Å². The van der Waals surface area contributed by atoms with E-state index < -0.39 is 0 Å². The molecule has 0 radical (unpaired) electrons. The molecule has 0 aromatic carbocycles. The van der Waals surface area contributed by atoms with Gasteiger partial charge in [-0.2, -0.15) is 0 Å². The molecule has 1 N–H and O–H groups in total. The summed E-state index contributed by atoms with van der Waals surface area (Å²) in [7, 11) is 4.26. The van der Waals surface area contributed by atoms with Crippen LogP contribution in [0.25, 0.3) is 0 Å². The molecule has 2 aliphatic rings. The monoisotopic (exact) mass is 383 g/mol. The van der Waals surface area contributed by atoms with Gasteiger partial charge in [0.1, 0.15) is 5.76 Å². The highest BCUT2D eigenvalue weighted by atomic mass is 79.9. The molecule has 1 aliphatic heterocycles. The molecular formula is C17H26BrN3O2. The lowest BCUT2D eigenvalue weighted by atomic mass is 9.90. The first-order valence-corrected chi connectivity index (χ1v) is 9.23. The fourth-order valence-electron chi connectivity index (χ4n) is 3.39. The Labute approximate surface area is 146 Å². The lowest BCUT2D eigenvalue weighted by Gasteiger charge is -2.41. The molecule has 1 aliphatic carbocycles. The molecule has 1 aromatic rings. The number of carbonyl (C=O) groups excluding carboxylic acids is 1. The number of hydrogen-bond acceptors (Lipinski definition) is 4. The number of amides is 1. The molecule has 1 saturated carbocycles. The SMILES string of the molecule is CN(C)[C@@H]1CN(Cc2ccc(Br)o2)CC[C@@H]1CNC(=O)C1CC1. The molecule has 0 bridgehead atoms. The molecule has 3 rings (SSSR count). The lowest BCUT2D eigenvalue weighted by Crippen LogP contribution is -2.53. The Morgan fingerprint density at radius 1 is 1.39 bits per heavy atom. The van der Waals surface area contributed by atoms with Gasteiger partial charge < -0.3 is 14.6 Å². The molecule has 1 aromatic heterocycles. The van der Waals surface area contributed by atoms with Crippen LogP contribution in [0.3, 0.4) is 0 Å². The van der Waals surface area contributed by atoms with Crippen LogP contribution in [0.2, 0.25) is 0 Å². The molecule has 0 unspecified atom stereocenters. The fourth-order valence-corrected chi connectivity index (χ4v) is 3.73. The second kappa shape index (κ2) is 7.36. The van der Waals surface area contributed by atoms with E-state index in [1.54, 1.807) is 0 Å². The van der Waals surface area contributed by atoms with Gasteiger partial charge in [-0.15, -0.1) is 0 Å². The van der Waals surface area contributed by atoms with Crippen LogP contribution in [-0.4, -0.2) is 55.5 Å². The number of hydrogen-bond donors (Lipinski definition) is 1. The van der Waals surface area contributed by atoms with Gasteiger partial charge >= 0.3 is 0 Å². The number of carbonyl (C=O) groups is 1. The Morgan fingerprint density at radius 3 is 2.78 bits per heavy atom. The van der Waals surface area contributed by atoms with Crippen molar-refractivity contribution < 1.29 is 9.21 Å². The highest BCUT2D eigenvalue weighted by Gasteiger charge is 2.33. The van der Waals surface area contributed by atoms with Gasteiger partial charge in [0.2, 0.25) is 5.91 Å². The van der Waals surface area contributed by atoms with E-state index in [1.807, 2.05) is 12.1 Å². The Kier molecular flexibility index (Phi) is 5.44. The zero-order valence-corrected chi connectivity index (χ0v) is 15.5. The van der Waals surface area contributed by atoms with Gasteiger partial charge in [-0.1, -0.05) is 0 Å². The summed E-state index contributed by atoms with van der Waals surface area (Å²) in [6.45, 7) is 3.71. The van der Waals surface area contributed by atoms with Gasteiger partial charge in [-0.25, -0.2) is 0 Å². The normalized spacial score (nSPS) is 25.7. The number of nitrogens with zero attached hydrogens (tertiary/aromatic N) is 2. The third kappa shape index (κ3) is 4.58. The van der Waals surface area contributed by atoms with Crippen LogP contribution in [0.15, 0.2) is 21.2 Å². The third-order valence-corrected chi connectivity index (χ3v) is 5.39. The van der Waals surface area contributed by atoms with Gasteiger partial charge in [0.25, 0.3) is 0 Å². The summed E-state index contributed by atoms with van der Waals surface area (Å²) in [4.78, 5) is 16.6. The third-order valence-electron chi connectivity index (χ3n) is 4.96. The standard InChI is InChI=1S/C17H26BrN3O2/c1-20(2)15-11-21(10-14-5-6-16(18)23-14)8-7-13(15)9-19-17(22)12-3-4-12/h5-6,12-13,15H,3-4,7-11H2,1-2H3,(H,19,22)/t13-,15-/m1/s1. The topological polar surface area (TPSA) is 48.7 Å². The zero-order valence-electron chi connectivity index (χ0n) is 13.9. The number of likely N-dealkylation sites (N-methyl/N-ethyl adjacent to an activating group) is 1. The summed E-state index contributed by atoms with van der Waals surface area (Å²) in [5.74, 6) is 2.07. The first-order valence-electron chi connectivity index (χ1n) is 8.43. The quantitative estimate of drug-likeness (QED) is 0.818. The highest BCUT2D eigenvalue weighted by Crippen LogP contribution is 2.29. The first-order chi connectivity index (χ1) is 11.0. The molecule has 1 saturated heterocycles. The van der Waals surface area contributed by atoms with Crippen molar-refractivity contribution in [1.82, 2.24) is 15.1 Å². The molecule has 23 heavy (non-hydrogen) atoms. The van der Waals surface area contributed by atoms with Crippen molar-refractivity contribution in [3.05, 3.63) is 22.6 Å². The molecule has 1 amide bonds. The molecule has 6 heteroatoms. The molecule has 128 valence electrons. The largest absolute Gasteiger partial charge is 0.453 e. The molecule has 2 fully saturated rings. The van der Waals surface area contributed by atoms with E-state index in [-0.39, 0.29) is 5.91 Å². The minimum Gasteiger partial charge on any atom is -0.453 e. The maximum absolute atomic E-state index is 11.9. The van der Waals surface area contributed by atoms with Crippen LogP contribution < -0.4 is 5.32 Å². The predicted octanol–water partition coefficient (Wildman–Crippen LogP) is 2.32. The van der Waals surface area contributed by atoms with Crippen LogP contribution in [0, 0.1) is 11.8 Å². The number of likely N-dealkylation sites (tertiary alicyclic amines) is 1. The number of halogens is 1. The van der Waals surface area contributed by atoms with Gasteiger partial charge in [-0.05, 0) is 73.9 Å². The zero-order chi connectivity index (χ0) is 16.4. The summed E-state index contributed by atoms with van der Waals surface area (Å²) >= 11 is 3.36. The Balaban J connectivity index is 1.53. The first kappa shape index (κ1) is 17.0. The maximum atomic E-state index is 11.9. The Hall–Kier alpha value is -0.850. The minimum atomic E-state index is 0.255. The van der Waals surface area contributed by atoms with Crippen molar-refractivity contribution in [2.45, 2.75) is 31.8 Å². The summed E-state index contributed by atoms with van der Waals surface area (Å²) in [6, 6.07) is 4.43. The van der Waals surface area contributed by atoms with E-state index >= 15 is 0 Å². The van der Waals surface area contributed by atoms with Crippen molar-refractivity contribution in [2.24, 2.45) is 11.8 Å². The van der Waals surface area contributed by atoms with Crippen molar-refractivity contribution in [1.29, 1.82) is 0 Å². The van der Waals surface area contributed by atoms with Gasteiger partial charge in [-0.3, -0.25) is 9.69 Å². The van der Waals surface area contributed by atoms with Crippen molar-refractivity contribution >= 4 is 21.8 Å². The van der Waals surface area contributed by atoms with Gasteiger partial charge in [0.15, 0.2) is 4.67 Å². The summed E-state index contributed by atoms with van der Waals surface area (Å²) < 4.78 is 6.41. The van der Waals surface area contributed by atoms with E-state index in [0.29, 0.717) is 17.9 Å². The van der Waals surface area contributed by atoms with Gasteiger partial charge in [0.05, 0.1) is 6.54 Å². The van der Waals surface area contributed by atoms with Gasteiger partial charge in [0, 0.05) is 25.0 Å². The van der Waals surface area contributed by atoms with Crippen molar-refractivity contribution in [3.63, 3.8) is 0 Å². The number of piperidine rings is 1. The lowest BCUT2D eigenvalue weighted by molar-refractivity contribution is -0.122.